The van der Waals surface area contributed by atoms with Crippen molar-refractivity contribution in [1.29, 1.82) is 0 Å². The van der Waals surface area contributed by atoms with Gasteiger partial charge in [-0.3, -0.25) is 4.79 Å². The molecule has 1 aliphatic rings. The van der Waals surface area contributed by atoms with Crippen LogP contribution in [0.15, 0.2) is 59.1 Å². The van der Waals surface area contributed by atoms with Crippen LogP contribution in [0.25, 0.3) is 11.3 Å². The van der Waals surface area contributed by atoms with Crippen molar-refractivity contribution in [2.75, 3.05) is 13.1 Å². The zero-order valence-corrected chi connectivity index (χ0v) is 16.7. The van der Waals surface area contributed by atoms with Crippen LogP contribution in [0.4, 0.5) is 0 Å². The normalized spacial score (nSPS) is 17.4. The van der Waals surface area contributed by atoms with Crippen LogP contribution in [0, 0.1) is 6.92 Å². The van der Waals surface area contributed by atoms with Gasteiger partial charge in [0.25, 0.3) is 5.91 Å². The lowest BCUT2D eigenvalue weighted by molar-refractivity contribution is 0.0753. The van der Waals surface area contributed by atoms with Gasteiger partial charge >= 0.3 is 0 Å². The number of rotatable bonds is 3. The molecule has 1 saturated heterocycles. The van der Waals surface area contributed by atoms with Gasteiger partial charge in [0.2, 0.25) is 0 Å². The maximum atomic E-state index is 13.5. The smallest absolute Gasteiger partial charge is 0.259 e. The fourth-order valence-corrected chi connectivity index (χ4v) is 4.17. The molecule has 1 unspecified atom stereocenters. The topological polar surface area (TPSA) is 46.3 Å². The molecule has 4 nitrogen and oxygen atoms in total. The lowest BCUT2D eigenvalue weighted by atomic mass is 9.94. The fourth-order valence-electron chi connectivity index (χ4n) is 3.94. The monoisotopic (exact) mass is 394 g/mol. The largest absolute Gasteiger partial charge is 0.360 e. The van der Waals surface area contributed by atoms with Crippen LogP contribution in [-0.2, 0) is 0 Å². The Hall–Kier alpha value is -2.59. The summed E-state index contributed by atoms with van der Waals surface area (Å²) < 4.78 is 5.40. The summed E-state index contributed by atoms with van der Waals surface area (Å²) in [6, 6.07) is 17.9. The number of hydrogen-bond acceptors (Lipinski definition) is 3. The first-order valence-electron chi connectivity index (χ1n) is 9.70. The first-order valence-corrected chi connectivity index (χ1v) is 10.1. The van der Waals surface area contributed by atoms with Crippen molar-refractivity contribution in [3.8, 4) is 11.3 Å². The Morgan fingerprint density at radius 1 is 1.11 bits per heavy atom. The molecular weight excluding hydrogens is 372 g/mol. The Morgan fingerprint density at radius 3 is 2.64 bits per heavy atom. The number of benzene rings is 2. The molecule has 1 aromatic heterocycles. The number of carbonyl (C=O) groups excluding carboxylic acids is 1. The molecule has 0 aliphatic carbocycles. The number of hydrogen-bond donors (Lipinski definition) is 0. The standard InChI is InChI=1S/C23H23ClN2O2/c1-16-21(22(25-28-16)19-12-5-6-13-20(19)24)23(27)26-14-8-7-11-18(15-26)17-9-3-2-4-10-17/h2-6,9-10,12-13,18H,7-8,11,14-15H2,1H3. The Kier molecular flexibility index (Phi) is 5.49. The summed E-state index contributed by atoms with van der Waals surface area (Å²) in [7, 11) is 0. The van der Waals surface area contributed by atoms with Gasteiger partial charge in [0.05, 0.1) is 5.02 Å². The predicted molar refractivity (Wildman–Crippen MR) is 111 cm³/mol. The Balaban J connectivity index is 1.66. The van der Waals surface area contributed by atoms with Crippen LogP contribution in [0.2, 0.25) is 5.02 Å². The number of amides is 1. The van der Waals surface area contributed by atoms with E-state index >= 15 is 0 Å². The molecule has 1 fully saturated rings. The van der Waals surface area contributed by atoms with Gasteiger partial charge in [-0.25, -0.2) is 0 Å². The molecule has 2 aromatic carbocycles. The number of halogens is 1. The minimum absolute atomic E-state index is 0.0310. The van der Waals surface area contributed by atoms with Crippen molar-refractivity contribution in [2.45, 2.75) is 32.1 Å². The van der Waals surface area contributed by atoms with Crippen molar-refractivity contribution < 1.29 is 9.32 Å². The van der Waals surface area contributed by atoms with E-state index in [9.17, 15) is 4.79 Å². The number of likely N-dealkylation sites (tertiary alicyclic amines) is 1. The van der Waals surface area contributed by atoms with E-state index in [2.05, 4.69) is 29.4 Å². The second kappa shape index (κ2) is 8.19. The van der Waals surface area contributed by atoms with Gasteiger partial charge in [-0.15, -0.1) is 0 Å². The molecule has 0 bridgehead atoms. The second-order valence-electron chi connectivity index (χ2n) is 7.30. The van der Waals surface area contributed by atoms with Gasteiger partial charge in [0, 0.05) is 24.6 Å². The van der Waals surface area contributed by atoms with Crippen molar-refractivity contribution >= 4 is 17.5 Å². The minimum atomic E-state index is -0.0310. The summed E-state index contributed by atoms with van der Waals surface area (Å²) in [5, 5.41) is 4.71. The molecule has 1 aliphatic heterocycles. The van der Waals surface area contributed by atoms with Gasteiger partial charge in [0.15, 0.2) is 0 Å². The average molecular weight is 395 g/mol. The maximum absolute atomic E-state index is 13.5. The van der Waals surface area contributed by atoms with Crippen LogP contribution in [0.5, 0.6) is 0 Å². The molecule has 4 rings (SSSR count). The lowest BCUT2D eigenvalue weighted by Crippen LogP contribution is -2.34. The molecule has 2 heterocycles. The molecule has 0 N–H and O–H groups in total. The Bertz CT molecular complexity index is 968. The van der Waals surface area contributed by atoms with E-state index in [4.69, 9.17) is 16.1 Å². The SMILES string of the molecule is Cc1onc(-c2ccccc2Cl)c1C(=O)N1CCCCC(c2ccccc2)C1. The van der Waals surface area contributed by atoms with Gasteiger partial charge in [-0.2, -0.15) is 0 Å². The zero-order valence-electron chi connectivity index (χ0n) is 15.9. The van der Waals surface area contributed by atoms with E-state index in [1.54, 1.807) is 13.0 Å². The summed E-state index contributed by atoms with van der Waals surface area (Å²) in [5.41, 5.74) is 3.05. The zero-order chi connectivity index (χ0) is 19.5. The van der Waals surface area contributed by atoms with E-state index in [-0.39, 0.29) is 5.91 Å². The van der Waals surface area contributed by atoms with E-state index in [1.807, 2.05) is 29.2 Å². The van der Waals surface area contributed by atoms with E-state index in [1.165, 1.54) is 5.56 Å². The summed E-state index contributed by atoms with van der Waals surface area (Å²) in [6.45, 7) is 3.23. The second-order valence-corrected chi connectivity index (χ2v) is 7.70. The summed E-state index contributed by atoms with van der Waals surface area (Å²) >= 11 is 6.35. The van der Waals surface area contributed by atoms with Gasteiger partial charge in [-0.1, -0.05) is 71.7 Å². The van der Waals surface area contributed by atoms with E-state index in [0.717, 1.165) is 31.4 Å². The molecule has 0 saturated carbocycles. The molecule has 144 valence electrons. The number of carbonyl (C=O) groups is 1. The van der Waals surface area contributed by atoms with Crippen molar-refractivity contribution in [1.82, 2.24) is 10.1 Å². The number of nitrogens with zero attached hydrogens (tertiary/aromatic N) is 2. The van der Waals surface area contributed by atoms with Crippen LogP contribution in [-0.4, -0.2) is 29.1 Å². The van der Waals surface area contributed by atoms with Crippen LogP contribution in [0.1, 0.15) is 46.9 Å². The Morgan fingerprint density at radius 2 is 1.86 bits per heavy atom. The third-order valence-electron chi connectivity index (χ3n) is 5.44. The molecule has 0 radical (unpaired) electrons. The third-order valence-corrected chi connectivity index (χ3v) is 5.76. The van der Waals surface area contributed by atoms with Gasteiger partial charge in [0.1, 0.15) is 17.0 Å². The lowest BCUT2D eigenvalue weighted by Gasteiger charge is -2.25. The molecular formula is C23H23ClN2O2. The molecule has 3 aromatic rings. The molecule has 0 spiro atoms. The maximum Gasteiger partial charge on any atom is 0.259 e. The number of aryl methyl sites for hydroxylation is 1. The Labute approximate surface area is 170 Å². The highest BCUT2D eigenvalue weighted by Gasteiger charge is 2.29. The fraction of sp³-hybridized carbons (Fsp3) is 0.304. The molecule has 1 amide bonds. The van der Waals surface area contributed by atoms with Crippen molar-refractivity contribution in [2.24, 2.45) is 0 Å². The predicted octanol–water partition coefficient (Wildman–Crippen LogP) is 5.71. The molecule has 28 heavy (non-hydrogen) atoms. The highest BCUT2D eigenvalue weighted by molar-refractivity contribution is 6.33. The summed E-state index contributed by atoms with van der Waals surface area (Å²) in [5.74, 6) is 0.841. The minimum Gasteiger partial charge on any atom is -0.360 e. The van der Waals surface area contributed by atoms with E-state index < -0.39 is 0 Å². The van der Waals surface area contributed by atoms with Crippen molar-refractivity contribution in [3.05, 3.63) is 76.5 Å². The third kappa shape index (κ3) is 3.69. The first kappa shape index (κ1) is 18.8. The van der Waals surface area contributed by atoms with Crippen molar-refractivity contribution in [3.63, 3.8) is 0 Å². The molecule has 1 atom stereocenters. The van der Waals surface area contributed by atoms with Gasteiger partial charge in [-0.05, 0) is 31.4 Å². The summed E-state index contributed by atoms with van der Waals surface area (Å²) in [4.78, 5) is 15.4. The van der Waals surface area contributed by atoms with E-state index in [0.29, 0.717) is 34.5 Å². The number of aromatic nitrogens is 1. The quantitative estimate of drug-likeness (QED) is 0.571. The van der Waals surface area contributed by atoms with Gasteiger partial charge < -0.3 is 9.42 Å². The van der Waals surface area contributed by atoms with Crippen LogP contribution >= 0.6 is 11.6 Å². The first-order chi connectivity index (χ1) is 13.6. The highest BCUT2D eigenvalue weighted by Crippen LogP contribution is 2.33. The summed E-state index contributed by atoms with van der Waals surface area (Å²) in [6.07, 6.45) is 3.21. The molecule has 5 heteroatoms. The highest BCUT2D eigenvalue weighted by atomic mass is 35.5. The van der Waals surface area contributed by atoms with Crippen LogP contribution < -0.4 is 0 Å². The van der Waals surface area contributed by atoms with Crippen LogP contribution in [0.3, 0.4) is 0 Å². The average Bonchev–Trinajstić information content (AvgIpc) is 2.94.